The molecule has 0 unspecified atom stereocenters. The monoisotopic (exact) mass is 403 g/mol. The van der Waals surface area contributed by atoms with Crippen LogP contribution in [0.25, 0.3) is 0 Å². The molecule has 1 heterocycles. The summed E-state index contributed by atoms with van der Waals surface area (Å²) >= 11 is 0. The zero-order valence-electron chi connectivity index (χ0n) is 15.7. The maximum absolute atomic E-state index is 12.2. The first-order valence-corrected chi connectivity index (χ1v) is 10.7. The van der Waals surface area contributed by atoms with E-state index in [2.05, 4.69) is 4.90 Å². The quantitative estimate of drug-likeness (QED) is 0.429. The smallest absolute Gasteiger partial charge is 0.269 e. The van der Waals surface area contributed by atoms with Gasteiger partial charge in [-0.3, -0.25) is 14.9 Å². The number of rotatable bonds is 5. The van der Waals surface area contributed by atoms with Crippen LogP contribution in [-0.2, 0) is 9.84 Å². The molecule has 28 heavy (non-hydrogen) atoms. The Bertz CT molecular complexity index is 1010. The molecule has 8 nitrogen and oxygen atoms in total. The number of carbonyl (C=O) groups excluding carboxylic acids is 1. The minimum atomic E-state index is -3.43. The van der Waals surface area contributed by atoms with Crippen molar-refractivity contribution in [3.05, 3.63) is 58.1 Å². The molecule has 3 rings (SSSR count). The van der Waals surface area contributed by atoms with E-state index >= 15 is 0 Å². The lowest BCUT2D eigenvalue weighted by molar-refractivity contribution is -0.384. The first-order chi connectivity index (χ1) is 13.2. The minimum absolute atomic E-state index is 0.0428. The largest absolute Gasteiger partial charge is 0.368 e. The number of hydrogen-bond donors (Lipinski definition) is 0. The standard InChI is InChI=1S/C19H21N3O5S/c1-14(23)15-3-8-19(28(2,26)27)18(13-15)21-11-9-20(10-12-21)16-4-6-17(7-5-16)22(24)25/h3-8,13H,9-12H2,1-2H3. The van der Waals surface area contributed by atoms with Gasteiger partial charge < -0.3 is 9.80 Å². The molecule has 0 bridgehead atoms. The van der Waals surface area contributed by atoms with Gasteiger partial charge in [0.2, 0.25) is 0 Å². The van der Waals surface area contributed by atoms with E-state index in [1.165, 1.54) is 31.2 Å². The van der Waals surface area contributed by atoms with Crippen LogP contribution in [0.5, 0.6) is 0 Å². The van der Waals surface area contributed by atoms with Crippen LogP contribution in [0.2, 0.25) is 0 Å². The van der Waals surface area contributed by atoms with Gasteiger partial charge in [-0.15, -0.1) is 0 Å². The molecule has 0 saturated carbocycles. The fraction of sp³-hybridized carbons (Fsp3) is 0.316. The lowest BCUT2D eigenvalue weighted by Gasteiger charge is -2.38. The van der Waals surface area contributed by atoms with Crippen molar-refractivity contribution in [2.45, 2.75) is 11.8 Å². The predicted octanol–water partition coefficient (Wildman–Crippen LogP) is 2.53. The van der Waals surface area contributed by atoms with Crippen LogP contribution >= 0.6 is 0 Å². The van der Waals surface area contributed by atoms with E-state index in [4.69, 9.17) is 0 Å². The highest BCUT2D eigenvalue weighted by molar-refractivity contribution is 7.90. The molecule has 148 valence electrons. The van der Waals surface area contributed by atoms with E-state index in [0.29, 0.717) is 37.4 Å². The third kappa shape index (κ3) is 4.14. The zero-order valence-corrected chi connectivity index (χ0v) is 16.5. The van der Waals surface area contributed by atoms with Crippen molar-refractivity contribution in [1.29, 1.82) is 0 Å². The van der Waals surface area contributed by atoms with Crippen LogP contribution in [0.3, 0.4) is 0 Å². The Morgan fingerprint density at radius 3 is 2.07 bits per heavy atom. The van der Waals surface area contributed by atoms with Crippen LogP contribution in [0.4, 0.5) is 17.1 Å². The van der Waals surface area contributed by atoms with Crippen molar-refractivity contribution in [3.8, 4) is 0 Å². The SMILES string of the molecule is CC(=O)c1ccc(S(C)(=O)=O)c(N2CCN(c3ccc([N+](=O)[O-])cc3)CC2)c1. The molecule has 0 amide bonds. The van der Waals surface area contributed by atoms with Gasteiger partial charge in [0, 0.05) is 55.8 Å². The van der Waals surface area contributed by atoms with Crippen molar-refractivity contribution in [2.24, 2.45) is 0 Å². The Hall–Kier alpha value is -2.94. The van der Waals surface area contributed by atoms with Crippen molar-refractivity contribution in [2.75, 3.05) is 42.2 Å². The Balaban J connectivity index is 1.81. The number of hydrogen-bond acceptors (Lipinski definition) is 7. The number of sulfone groups is 1. The van der Waals surface area contributed by atoms with Crippen LogP contribution < -0.4 is 9.80 Å². The van der Waals surface area contributed by atoms with Gasteiger partial charge in [0.15, 0.2) is 15.6 Å². The zero-order chi connectivity index (χ0) is 20.5. The van der Waals surface area contributed by atoms with Gasteiger partial charge in [-0.2, -0.15) is 0 Å². The van der Waals surface area contributed by atoms with E-state index in [9.17, 15) is 23.3 Å². The van der Waals surface area contributed by atoms with Crippen LogP contribution in [-0.4, -0.2) is 51.6 Å². The number of Topliss-reactive ketones (excluding diaryl/α,β-unsaturated/α-hetero) is 1. The minimum Gasteiger partial charge on any atom is -0.368 e. The van der Waals surface area contributed by atoms with Crippen LogP contribution in [0, 0.1) is 10.1 Å². The topological polar surface area (TPSA) is 101 Å². The second kappa shape index (κ2) is 7.59. The van der Waals surface area contributed by atoms with E-state index in [0.717, 1.165) is 11.9 Å². The van der Waals surface area contributed by atoms with Gasteiger partial charge in [-0.25, -0.2) is 8.42 Å². The molecule has 1 aliphatic rings. The number of non-ortho nitro benzene ring substituents is 1. The lowest BCUT2D eigenvalue weighted by atomic mass is 10.1. The highest BCUT2D eigenvalue weighted by Gasteiger charge is 2.24. The molecule has 9 heteroatoms. The third-order valence-corrected chi connectivity index (χ3v) is 5.96. The van der Waals surface area contributed by atoms with Gasteiger partial charge >= 0.3 is 0 Å². The first-order valence-electron chi connectivity index (χ1n) is 8.76. The molecular weight excluding hydrogens is 382 g/mol. The number of nitrogens with zero attached hydrogens (tertiary/aromatic N) is 3. The van der Waals surface area contributed by atoms with Gasteiger partial charge in [0.1, 0.15) is 0 Å². The van der Waals surface area contributed by atoms with Crippen molar-refractivity contribution in [3.63, 3.8) is 0 Å². The van der Waals surface area contributed by atoms with E-state index in [1.54, 1.807) is 18.2 Å². The fourth-order valence-corrected chi connectivity index (χ4v) is 4.17. The number of nitro groups is 1. The molecule has 0 atom stereocenters. The van der Waals surface area contributed by atoms with Crippen LogP contribution in [0.1, 0.15) is 17.3 Å². The highest BCUT2D eigenvalue weighted by atomic mass is 32.2. The summed E-state index contributed by atoms with van der Waals surface area (Å²) in [6.45, 7) is 3.85. The van der Waals surface area contributed by atoms with Crippen molar-refractivity contribution >= 4 is 32.7 Å². The Labute approximate surface area is 163 Å². The second-order valence-corrected chi connectivity index (χ2v) is 8.74. The molecular formula is C19H21N3O5S. The van der Waals surface area contributed by atoms with E-state index < -0.39 is 14.8 Å². The molecule has 1 saturated heterocycles. The fourth-order valence-electron chi connectivity index (χ4n) is 3.29. The molecule has 0 aliphatic carbocycles. The number of benzene rings is 2. The van der Waals surface area contributed by atoms with E-state index in [-0.39, 0.29) is 16.4 Å². The molecule has 0 radical (unpaired) electrons. The third-order valence-electron chi connectivity index (χ3n) is 4.81. The molecule has 2 aromatic rings. The van der Waals surface area contributed by atoms with E-state index in [1.807, 2.05) is 4.90 Å². The van der Waals surface area contributed by atoms with Gasteiger partial charge in [-0.1, -0.05) is 0 Å². The maximum Gasteiger partial charge on any atom is 0.269 e. The van der Waals surface area contributed by atoms with Gasteiger partial charge in [-0.05, 0) is 37.3 Å². The van der Waals surface area contributed by atoms with Gasteiger partial charge in [0.05, 0.1) is 15.5 Å². The molecule has 0 N–H and O–H groups in total. The summed E-state index contributed by atoms with van der Waals surface area (Å²) in [5.74, 6) is -0.120. The first kappa shape index (κ1) is 19.8. The summed E-state index contributed by atoms with van der Waals surface area (Å²) in [4.78, 5) is 26.3. The summed E-state index contributed by atoms with van der Waals surface area (Å²) in [7, 11) is -3.43. The average Bonchev–Trinajstić information content (AvgIpc) is 2.67. The van der Waals surface area contributed by atoms with Crippen molar-refractivity contribution in [1.82, 2.24) is 0 Å². The number of ketones is 1. The van der Waals surface area contributed by atoms with Crippen LogP contribution in [0.15, 0.2) is 47.4 Å². The summed E-state index contributed by atoms with van der Waals surface area (Å²) in [5, 5.41) is 10.8. The summed E-state index contributed by atoms with van der Waals surface area (Å²) < 4.78 is 24.3. The average molecular weight is 403 g/mol. The lowest BCUT2D eigenvalue weighted by Crippen LogP contribution is -2.47. The summed E-state index contributed by atoms with van der Waals surface area (Å²) in [6.07, 6.45) is 1.16. The number of nitro benzene ring substituents is 1. The van der Waals surface area contributed by atoms with Gasteiger partial charge in [0.25, 0.3) is 5.69 Å². The number of piperazine rings is 1. The summed E-state index contributed by atoms with van der Waals surface area (Å²) in [6, 6.07) is 11.0. The summed E-state index contributed by atoms with van der Waals surface area (Å²) in [5.41, 5.74) is 1.94. The molecule has 1 fully saturated rings. The molecule has 1 aliphatic heterocycles. The Kier molecular flexibility index (Phi) is 5.37. The second-order valence-electron chi connectivity index (χ2n) is 6.76. The molecule has 0 aromatic heterocycles. The maximum atomic E-state index is 12.2. The number of anilines is 2. The Morgan fingerprint density at radius 2 is 1.57 bits per heavy atom. The predicted molar refractivity (Wildman–Crippen MR) is 107 cm³/mol. The Morgan fingerprint density at radius 1 is 1.00 bits per heavy atom. The highest BCUT2D eigenvalue weighted by Crippen LogP contribution is 2.29. The number of carbonyl (C=O) groups is 1. The normalized spacial score (nSPS) is 14.8. The molecule has 2 aromatic carbocycles. The van der Waals surface area contributed by atoms with Crippen molar-refractivity contribution < 1.29 is 18.1 Å². The molecule has 0 spiro atoms.